The van der Waals surface area contributed by atoms with E-state index in [1.54, 1.807) is 4.90 Å². The van der Waals surface area contributed by atoms with Crippen molar-refractivity contribution < 1.29 is 13.2 Å². The Morgan fingerprint density at radius 2 is 2.24 bits per heavy atom. The Kier molecular flexibility index (Phi) is 3.13. The lowest BCUT2D eigenvalue weighted by molar-refractivity contribution is -0.0582. The summed E-state index contributed by atoms with van der Waals surface area (Å²) >= 11 is 0. The van der Waals surface area contributed by atoms with Gasteiger partial charge in [-0.3, -0.25) is 4.99 Å². The summed E-state index contributed by atoms with van der Waals surface area (Å²) in [5.41, 5.74) is 5.50. The van der Waals surface area contributed by atoms with Crippen molar-refractivity contribution >= 4 is 5.71 Å². The molecule has 2 N–H and O–H groups in total. The van der Waals surface area contributed by atoms with Gasteiger partial charge >= 0.3 is 6.18 Å². The molecule has 1 aliphatic carbocycles. The Hall–Kier alpha value is -1.46. The number of allylic oxidation sites excluding steroid dienone is 2. The molecule has 1 fully saturated rings. The predicted octanol–water partition coefficient (Wildman–Crippen LogP) is 2.38. The highest BCUT2D eigenvalue weighted by atomic mass is 19.4. The number of halogens is 3. The van der Waals surface area contributed by atoms with Gasteiger partial charge in [0, 0.05) is 18.1 Å². The van der Waals surface area contributed by atoms with Gasteiger partial charge in [-0.2, -0.15) is 13.2 Å². The normalized spacial score (nSPS) is 21.7. The van der Waals surface area contributed by atoms with Gasteiger partial charge in [0.05, 0.1) is 0 Å². The van der Waals surface area contributed by atoms with Crippen molar-refractivity contribution in [3.63, 3.8) is 0 Å². The second kappa shape index (κ2) is 4.43. The Morgan fingerprint density at radius 1 is 1.53 bits per heavy atom. The van der Waals surface area contributed by atoms with Crippen molar-refractivity contribution in [2.45, 2.75) is 25.4 Å². The quantitative estimate of drug-likeness (QED) is 0.829. The summed E-state index contributed by atoms with van der Waals surface area (Å²) in [6.07, 6.45) is 2.63. The van der Waals surface area contributed by atoms with E-state index >= 15 is 0 Å². The van der Waals surface area contributed by atoms with E-state index in [0.717, 1.165) is 18.2 Å². The van der Waals surface area contributed by atoms with Gasteiger partial charge in [-0.25, -0.2) is 0 Å². The number of aliphatic imine (C=N–C) groups is 1. The van der Waals surface area contributed by atoms with Crippen molar-refractivity contribution in [3.05, 3.63) is 24.2 Å². The second-order valence-corrected chi connectivity index (χ2v) is 4.27. The fourth-order valence-corrected chi connectivity index (χ4v) is 1.68. The van der Waals surface area contributed by atoms with E-state index in [9.17, 15) is 13.2 Å². The van der Waals surface area contributed by atoms with Crippen LogP contribution >= 0.6 is 0 Å². The molecule has 0 aromatic heterocycles. The third-order valence-electron chi connectivity index (χ3n) is 2.85. The SMILES string of the molecule is NC=C(CC1CC1)N1C=CC(C(F)(F)F)=NC1. The summed E-state index contributed by atoms with van der Waals surface area (Å²) in [5.74, 6) is 0.631. The molecule has 0 radical (unpaired) electrons. The number of nitrogens with zero attached hydrogens (tertiary/aromatic N) is 2. The topological polar surface area (TPSA) is 41.6 Å². The van der Waals surface area contributed by atoms with E-state index in [-0.39, 0.29) is 6.67 Å². The average Bonchev–Trinajstić information content (AvgIpc) is 3.09. The molecule has 0 bridgehead atoms. The Morgan fingerprint density at radius 3 is 2.65 bits per heavy atom. The number of rotatable bonds is 3. The predicted molar refractivity (Wildman–Crippen MR) is 58.9 cm³/mol. The summed E-state index contributed by atoms with van der Waals surface area (Å²) in [6, 6.07) is 0. The highest BCUT2D eigenvalue weighted by Gasteiger charge is 2.35. The van der Waals surface area contributed by atoms with Crippen LogP contribution in [0.4, 0.5) is 13.2 Å². The molecular formula is C11H14F3N3. The van der Waals surface area contributed by atoms with Gasteiger partial charge in [0.2, 0.25) is 0 Å². The molecule has 0 aromatic carbocycles. The first-order valence-corrected chi connectivity index (χ1v) is 5.48. The molecule has 17 heavy (non-hydrogen) atoms. The van der Waals surface area contributed by atoms with Crippen LogP contribution in [0.25, 0.3) is 0 Å². The Labute approximate surface area is 97.5 Å². The van der Waals surface area contributed by atoms with Crippen LogP contribution in [0.15, 0.2) is 29.2 Å². The molecule has 0 atom stereocenters. The standard InChI is InChI=1S/C11H14F3N3/c12-11(13,14)10-3-4-17(7-16-10)9(6-15)5-8-1-2-8/h3-4,6,8H,1-2,5,7,15H2. The molecular weight excluding hydrogens is 231 g/mol. The van der Waals surface area contributed by atoms with Gasteiger partial charge in [-0.1, -0.05) is 0 Å². The van der Waals surface area contributed by atoms with Crippen LogP contribution in [0.3, 0.4) is 0 Å². The van der Waals surface area contributed by atoms with Gasteiger partial charge in [-0.15, -0.1) is 0 Å². The van der Waals surface area contributed by atoms with Crippen LogP contribution in [-0.2, 0) is 0 Å². The van der Waals surface area contributed by atoms with E-state index in [1.807, 2.05) is 0 Å². The molecule has 0 aromatic rings. The molecule has 3 nitrogen and oxygen atoms in total. The molecule has 6 heteroatoms. The second-order valence-electron chi connectivity index (χ2n) is 4.27. The largest absolute Gasteiger partial charge is 0.433 e. The summed E-state index contributed by atoms with van der Waals surface area (Å²) in [5, 5.41) is 0. The molecule has 1 saturated carbocycles. The minimum Gasteiger partial charge on any atom is -0.403 e. The van der Waals surface area contributed by atoms with Crippen molar-refractivity contribution in [2.75, 3.05) is 6.67 Å². The van der Waals surface area contributed by atoms with E-state index in [1.165, 1.54) is 25.2 Å². The van der Waals surface area contributed by atoms with Gasteiger partial charge in [0.1, 0.15) is 12.4 Å². The third-order valence-corrected chi connectivity index (χ3v) is 2.85. The molecule has 1 heterocycles. The summed E-state index contributed by atoms with van der Waals surface area (Å²) in [6.45, 7) is -0.0128. The smallest absolute Gasteiger partial charge is 0.403 e. The monoisotopic (exact) mass is 245 g/mol. The fraction of sp³-hybridized carbons (Fsp3) is 0.545. The summed E-state index contributed by atoms with van der Waals surface area (Å²) in [4.78, 5) is 5.17. The van der Waals surface area contributed by atoms with E-state index in [4.69, 9.17) is 5.73 Å². The zero-order chi connectivity index (χ0) is 12.5. The number of nitrogens with two attached hydrogens (primary N) is 1. The summed E-state index contributed by atoms with van der Waals surface area (Å²) in [7, 11) is 0. The van der Waals surface area contributed by atoms with E-state index < -0.39 is 11.9 Å². The van der Waals surface area contributed by atoms with Crippen molar-refractivity contribution in [2.24, 2.45) is 16.6 Å². The molecule has 2 aliphatic rings. The third kappa shape index (κ3) is 3.01. The van der Waals surface area contributed by atoms with Gasteiger partial charge in [0.15, 0.2) is 0 Å². The lowest BCUT2D eigenvalue weighted by atomic mass is 10.2. The highest BCUT2D eigenvalue weighted by Crippen LogP contribution is 2.36. The fourth-order valence-electron chi connectivity index (χ4n) is 1.68. The lowest BCUT2D eigenvalue weighted by Gasteiger charge is -2.25. The zero-order valence-corrected chi connectivity index (χ0v) is 9.24. The van der Waals surface area contributed by atoms with Gasteiger partial charge in [0.25, 0.3) is 0 Å². The van der Waals surface area contributed by atoms with Crippen LogP contribution in [0.2, 0.25) is 0 Å². The van der Waals surface area contributed by atoms with Crippen LogP contribution in [0.1, 0.15) is 19.3 Å². The molecule has 2 rings (SSSR count). The van der Waals surface area contributed by atoms with Gasteiger partial charge in [-0.05, 0) is 31.3 Å². The van der Waals surface area contributed by atoms with Gasteiger partial charge < -0.3 is 10.6 Å². The number of hydrogen-bond donors (Lipinski definition) is 1. The molecule has 1 aliphatic heterocycles. The first kappa shape index (κ1) is 12.0. The lowest BCUT2D eigenvalue weighted by Crippen LogP contribution is -2.29. The molecule has 0 unspecified atom stereocenters. The van der Waals surface area contributed by atoms with Crippen molar-refractivity contribution in [3.8, 4) is 0 Å². The van der Waals surface area contributed by atoms with Crippen LogP contribution in [0.5, 0.6) is 0 Å². The highest BCUT2D eigenvalue weighted by molar-refractivity contribution is 5.99. The molecule has 0 spiro atoms. The molecule has 0 amide bonds. The van der Waals surface area contributed by atoms with E-state index in [0.29, 0.717) is 5.92 Å². The first-order valence-electron chi connectivity index (χ1n) is 5.48. The maximum absolute atomic E-state index is 12.3. The number of hydrogen-bond acceptors (Lipinski definition) is 3. The Bertz CT molecular complexity index is 378. The van der Waals surface area contributed by atoms with E-state index in [2.05, 4.69) is 4.99 Å². The van der Waals surface area contributed by atoms with Crippen LogP contribution in [-0.4, -0.2) is 23.5 Å². The van der Waals surface area contributed by atoms with Crippen molar-refractivity contribution in [1.29, 1.82) is 0 Å². The maximum Gasteiger partial charge on any atom is 0.433 e. The van der Waals surface area contributed by atoms with Crippen LogP contribution in [0, 0.1) is 5.92 Å². The number of alkyl halides is 3. The first-order chi connectivity index (χ1) is 8.00. The maximum atomic E-state index is 12.3. The molecule has 0 saturated heterocycles. The summed E-state index contributed by atoms with van der Waals surface area (Å²) < 4.78 is 37.0. The Balaban J connectivity index is 1.98. The van der Waals surface area contributed by atoms with Crippen LogP contribution < -0.4 is 5.73 Å². The minimum atomic E-state index is -4.37. The van der Waals surface area contributed by atoms with Crippen molar-refractivity contribution in [1.82, 2.24) is 4.90 Å². The molecule has 94 valence electrons. The zero-order valence-electron chi connectivity index (χ0n) is 9.24. The average molecular weight is 245 g/mol. The minimum absolute atomic E-state index is 0.0128.